The van der Waals surface area contributed by atoms with Crippen molar-refractivity contribution >= 4 is 59.1 Å². The number of imidazole rings is 1. The van der Waals surface area contributed by atoms with E-state index in [9.17, 15) is 0 Å². The Morgan fingerprint density at radius 2 is 0.944 bits per heavy atom. The average molecular weight is 703 g/mol. The molecule has 11 aromatic rings. The number of rotatable bonds is 2. The number of hydrogen-bond acceptors (Lipinski definition) is 1. The molecule has 0 radical (unpaired) electrons. The van der Waals surface area contributed by atoms with Gasteiger partial charge in [0.25, 0.3) is 0 Å². The van der Waals surface area contributed by atoms with Crippen LogP contribution in [0.15, 0.2) is 182 Å². The molecular formula is C51H30N2S. The van der Waals surface area contributed by atoms with Gasteiger partial charge in [-0.3, -0.25) is 8.97 Å². The van der Waals surface area contributed by atoms with Gasteiger partial charge in [-0.2, -0.15) is 0 Å². The van der Waals surface area contributed by atoms with Gasteiger partial charge in [0.2, 0.25) is 0 Å². The summed E-state index contributed by atoms with van der Waals surface area (Å²) in [5.74, 6) is 0. The van der Waals surface area contributed by atoms with E-state index >= 15 is 0 Å². The monoisotopic (exact) mass is 702 g/mol. The molecule has 0 saturated carbocycles. The quantitative estimate of drug-likeness (QED) is 0.170. The maximum atomic E-state index is 2.52. The molecule has 3 heteroatoms. The Hall–Kier alpha value is -6.68. The van der Waals surface area contributed by atoms with E-state index in [2.05, 4.69) is 191 Å². The molecule has 250 valence electrons. The zero-order valence-corrected chi connectivity index (χ0v) is 29.9. The minimum Gasteiger partial charge on any atom is -0.293 e. The number of benzene rings is 8. The van der Waals surface area contributed by atoms with Crippen molar-refractivity contribution in [3.63, 3.8) is 0 Å². The van der Waals surface area contributed by atoms with E-state index in [-0.39, 0.29) is 5.41 Å². The van der Waals surface area contributed by atoms with Crippen molar-refractivity contribution < 1.29 is 0 Å². The summed E-state index contributed by atoms with van der Waals surface area (Å²) >= 11 is 1.87. The third-order valence-corrected chi connectivity index (χ3v) is 13.5. The molecule has 0 saturated heterocycles. The summed E-state index contributed by atoms with van der Waals surface area (Å²) < 4.78 is 7.66. The lowest BCUT2D eigenvalue weighted by molar-refractivity contribution is 0.793. The van der Waals surface area contributed by atoms with Gasteiger partial charge in [0.15, 0.2) is 0 Å². The fraction of sp³-hybridized carbons (Fsp3) is 0.0196. The number of nitrogens with zero attached hydrogens (tertiary/aromatic N) is 2. The molecule has 54 heavy (non-hydrogen) atoms. The Morgan fingerprint density at radius 1 is 0.389 bits per heavy atom. The first-order valence-electron chi connectivity index (χ1n) is 18.7. The minimum atomic E-state index is -0.362. The molecule has 0 N–H and O–H groups in total. The molecular weight excluding hydrogens is 673 g/mol. The predicted molar refractivity (Wildman–Crippen MR) is 226 cm³/mol. The van der Waals surface area contributed by atoms with Crippen LogP contribution >= 0.6 is 11.3 Å². The fourth-order valence-electron chi connectivity index (χ4n) is 10.3. The molecule has 13 rings (SSSR count). The van der Waals surface area contributed by atoms with Gasteiger partial charge in [-0.1, -0.05) is 133 Å². The molecule has 0 bridgehead atoms. The SMILES string of the molecule is c1ccc2c(c1)-c1ccccc1C21c2ccccc2-c2cc(-n3c4ccccc4n4c5ccccc5c(-c5ccc6sc7ccccc7c6c5)c34)ccc21. The van der Waals surface area contributed by atoms with Crippen LogP contribution in [0.3, 0.4) is 0 Å². The van der Waals surface area contributed by atoms with Crippen LogP contribution in [-0.2, 0) is 5.41 Å². The molecule has 3 aromatic heterocycles. The summed E-state index contributed by atoms with van der Waals surface area (Å²) in [6, 6.07) is 68.2. The van der Waals surface area contributed by atoms with Crippen LogP contribution in [-0.4, -0.2) is 8.97 Å². The van der Waals surface area contributed by atoms with Crippen LogP contribution in [0.4, 0.5) is 0 Å². The van der Waals surface area contributed by atoms with Gasteiger partial charge < -0.3 is 0 Å². The molecule has 0 aliphatic heterocycles. The minimum absolute atomic E-state index is 0.362. The van der Waals surface area contributed by atoms with Crippen LogP contribution in [0.1, 0.15) is 22.3 Å². The Balaban J connectivity index is 1.14. The number of fused-ring (bicyclic) bond motifs is 18. The summed E-state index contributed by atoms with van der Waals surface area (Å²) in [7, 11) is 0. The predicted octanol–water partition coefficient (Wildman–Crippen LogP) is 13.4. The van der Waals surface area contributed by atoms with Crippen LogP contribution < -0.4 is 0 Å². The van der Waals surface area contributed by atoms with Crippen molar-refractivity contribution in [1.82, 2.24) is 8.97 Å². The number of aromatic nitrogens is 2. The molecule has 0 fully saturated rings. The third kappa shape index (κ3) is 3.42. The summed E-state index contributed by atoms with van der Waals surface area (Å²) in [5, 5.41) is 3.90. The molecule has 2 aliphatic carbocycles. The Kier molecular flexibility index (Phi) is 5.48. The van der Waals surface area contributed by atoms with Gasteiger partial charge in [0.1, 0.15) is 5.65 Å². The van der Waals surface area contributed by atoms with Gasteiger partial charge in [0, 0.05) is 36.8 Å². The van der Waals surface area contributed by atoms with Crippen molar-refractivity contribution in [3.8, 4) is 39.1 Å². The second-order valence-electron chi connectivity index (χ2n) is 14.8. The van der Waals surface area contributed by atoms with Crippen LogP contribution in [0.25, 0.3) is 86.8 Å². The van der Waals surface area contributed by atoms with E-state index < -0.39 is 0 Å². The molecule has 0 amide bonds. The van der Waals surface area contributed by atoms with Crippen molar-refractivity contribution in [3.05, 3.63) is 204 Å². The van der Waals surface area contributed by atoms with Crippen LogP contribution in [0.2, 0.25) is 0 Å². The Bertz CT molecular complexity index is 3360. The maximum absolute atomic E-state index is 2.52. The maximum Gasteiger partial charge on any atom is 0.131 e. The van der Waals surface area contributed by atoms with E-state index in [0.29, 0.717) is 0 Å². The highest BCUT2D eigenvalue weighted by Crippen LogP contribution is 2.63. The number of para-hydroxylation sites is 3. The molecule has 2 aliphatic rings. The standard InChI is InChI=1S/C51H30N2S/c1-6-18-40-33(13-1)34-14-2-7-19-41(34)51(40)42-20-8-3-15-35(42)38-30-32(26-27-43(38)51)52-45-22-10-11-23-46(45)53-44-21-9-4-17-37(44)49(50(52)53)31-25-28-48-39(29-31)36-16-5-12-24-47(36)54-48/h1-30H. The lowest BCUT2D eigenvalue weighted by Crippen LogP contribution is -2.25. The van der Waals surface area contributed by atoms with Crippen LogP contribution in [0.5, 0.6) is 0 Å². The summed E-state index contributed by atoms with van der Waals surface area (Å²) in [6.07, 6.45) is 0. The second kappa shape index (κ2) is 10.3. The lowest BCUT2D eigenvalue weighted by atomic mass is 9.70. The van der Waals surface area contributed by atoms with E-state index in [1.165, 1.54) is 103 Å². The van der Waals surface area contributed by atoms with Crippen LogP contribution in [0, 0.1) is 0 Å². The zero-order chi connectivity index (χ0) is 35.1. The summed E-state index contributed by atoms with van der Waals surface area (Å²) in [4.78, 5) is 0. The highest BCUT2D eigenvalue weighted by molar-refractivity contribution is 7.25. The third-order valence-electron chi connectivity index (χ3n) is 12.3. The highest BCUT2D eigenvalue weighted by Gasteiger charge is 2.51. The zero-order valence-electron chi connectivity index (χ0n) is 29.1. The van der Waals surface area contributed by atoms with Gasteiger partial charge in [-0.25, -0.2) is 0 Å². The van der Waals surface area contributed by atoms with E-state index in [1.54, 1.807) is 0 Å². The molecule has 2 nitrogen and oxygen atoms in total. The second-order valence-corrected chi connectivity index (χ2v) is 15.9. The normalized spacial score (nSPS) is 13.7. The summed E-state index contributed by atoms with van der Waals surface area (Å²) in [6.45, 7) is 0. The first kappa shape index (κ1) is 28.9. The highest BCUT2D eigenvalue weighted by atomic mass is 32.1. The van der Waals surface area contributed by atoms with Crippen molar-refractivity contribution in [2.45, 2.75) is 5.41 Å². The summed E-state index contributed by atoms with van der Waals surface area (Å²) in [5.41, 5.74) is 18.8. The number of thiophene rings is 1. The van der Waals surface area contributed by atoms with Crippen molar-refractivity contribution in [1.29, 1.82) is 0 Å². The van der Waals surface area contributed by atoms with Crippen molar-refractivity contribution in [2.24, 2.45) is 0 Å². The van der Waals surface area contributed by atoms with E-state index in [0.717, 1.165) is 5.69 Å². The van der Waals surface area contributed by atoms with E-state index in [1.807, 2.05) is 11.3 Å². The lowest BCUT2D eigenvalue weighted by Gasteiger charge is -2.30. The van der Waals surface area contributed by atoms with Gasteiger partial charge in [0.05, 0.1) is 22.0 Å². The fourth-order valence-corrected chi connectivity index (χ4v) is 11.4. The largest absolute Gasteiger partial charge is 0.293 e. The molecule has 0 unspecified atom stereocenters. The Morgan fingerprint density at radius 3 is 1.69 bits per heavy atom. The molecule has 3 heterocycles. The first-order chi connectivity index (χ1) is 26.8. The van der Waals surface area contributed by atoms with Gasteiger partial charge in [-0.05, 0) is 98.6 Å². The molecule has 8 aromatic carbocycles. The Labute approximate surface area is 315 Å². The molecule has 0 atom stereocenters. The topological polar surface area (TPSA) is 9.34 Å². The van der Waals surface area contributed by atoms with E-state index in [4.69, 9.17) is 0 Å². The smallest absolute Gasteiger partial charge is 0.131 e. The van der Waals surface area contributed by atoms with Gasteiger partial charge >= 0.3 is 0 Å². The first-order valence-corrected chi connectivity index (χ1v) is 19.5. The van der Waals surface area contributed by atoms with Gasteiger partial charge in [-0.15, -0.1) is 11.3 Å². The van der Waals surface area contributed by atoms with Crippen molar-refractivity contribution in [2.75, 3.05) is 0 Å². The number of hydrogen-bond donors (Lipinski definition) is 0. The molecule has 1 spiro atoms. The average Bonchev–Trinajstić information content (AvgIpc) is 4.01.